The topological polar surface area (TPSA) is 96.3 Å². The normalized spacial score (nSPS) is 32.9. The van der Waals surface area contributed by atoms with E-state index >= 15 is 0 Å². The van der Waals surface area contributed by atoms with Gasteiger partial charge in [0.05, 0.1) is 19.8 Å². The molecule has 5 rings (SSSR count). The van der Waals surface area contributed by atoms with Crippen molar-refractivity contribution in [1.82, 2.24) is 4.90 Å². The zero-order valence-electron chi connectivity index (χ0n) is 35.6. The molecule has 0 aromatic heterocycles. The Bertz CT molecular complexity index is 989. The van der Waals surface area contributed by atoms with E-state index in [1.165, 1.54) is 128 Å². The van der Waals surface area contributed by atoms with E-state index in [0.29, 0.717) is 38.1 Å². The van der Waals surface area contributed by atoms with Gasteiger partial charge in [-0.25, -0.2) is 0 Å². The lowest BCUT2D eigenvalue weighted by Crippen LogP contribution is -2.57. The molecule has 0 aromatic rings. The summed E-state index contributed by atoms with van der Waals surface area (Å²) in [5.41, 5.74) is 0.362. The van der Waals surface area contributed by atoms with Gasteiger partial charge in [0, 0.05) is 26.0 Å². The maximum atomic E-state index is 12.5. The Morgan fingerprint density at radius 1 is 0.491 bits per heavy atom. The van der Waals surface area contributed by atoms with Crippen molar-refractivity contribution in [2.75, 3.05) is 46.1 Å². The number of esters is 2. The molecule has 5 fully saturated rings. The number of carbonyl (C=O) groups excluding carboxylic acids is 2. The van der Waals surface area contributed by atoms with Crippen LogP contribution in [0.4, 0.5) is 0 Å². The third kappa shape index (κ3) is 17.3. The van der Waals surface area contributed by atoms with Crippen molar-refractivity contribution in [2.24, 2.45) is 35.0 Å². The molecule has 0 aromatic carbocycles. The van der Waals surface area contributed by atoms with Crippen LogP contribution in [-0.2, 0) is 19.1 Å². The molecule has 2 heterocycles. The number of aliphatic hydroxyl groups is 2. The molecule has 2 saturated heterocycles. The van der Waals surface area contributed by atoms with Crippen LogP contribution >= 0.6 is 0 Å². The van der Waals surface area contributed by atoms with Crippen LogP contribution in [0.25, 0.3) is 0 Å². The monoisotopic (exact) mass is 774 g/mol. The molecule has 0 spiro atoms. The molecular weight excluding hydrogens is 687 g/mol. The molecule has 3 aliphatic carbocycles. The molecule has 55 heavy (non-hydrogen) atoms. The van der Waals surface area contributed by atoms with Crippen LogP contribution in [0.3, 0.4) is 0 Å². The zero-order chi connectivity index (χ0) is 38.8. The average molecular weight is 774 g/mol. The first kappa shape index (κ1) is 46.5. The smallest absolute Gasteiger partial charge is 0.305 e. The summed E-state index contributed by atoms with van der Waals surface area (Å²) in [4.78, 5) is 27.4. The van der Waals surface area contributed by atoms with Gasteiger partial charge < -0.3 is 24.6 Å². The number of carbonyl (C=O) groups is 2. The van der Waals surface area contributed by atoms with E-state index in [9.17, 15) is 19.8 Å². The van der Waals surface area contributed by atoms with Gasteiger partial charge in [-0.3, -0.25) is 9.59 Å². The number of rotatable bonds is 4. The molecule has 2 aliphatic heterocycles. The maximum absolute atomic E-state index is 12.5. The Morgan fingerprint density at radius 3 is 1.44 bits per heavy atom. The van der Waals surface area contributed by atoms with Crippen molar-refractivity contribution in [3.63, 3.8) is 0 Å². The standard InChI is InChI=1S/C48H87NO6/c50-37-33-48-32-16-15-24-42-23-11-14-29-45(48)43-27-12-9-21-41(22-10-13-28-44(43)48)25-19-39-54-46(52)30-7-3-1-5-17-34-49(36-38-51)35-18-6-2-4-8-31-47(53)55-40-20-26-42/h41-45,50-51H,1-40H2. The molecule has 3 saturated carbocycles. The Morgan fingerprint density at radius 2 is 0.927 bits per heavy atom. The Hall–Kier alpha value is -1.18. The van der Waals surface area contributed by atoms with Crippen LogP contribution in [0.5, 0.6) is 0 Å². The fourth-order valence-electron chi connectivity index (χ4n) is 11.9. The molecule has 0 radical (unpaired) electrons. The van der Waals surface area contributed by atoms with E-state index in [-0.39, 0.29) is 18.5 Å². The zero-order valence-corrected chi connectivity index (χ0v) is 35.6. The van der Waals surface area contributed by atoms with Crippen molar-refractivity contribution in [2.45, 2.75) is 212 Å². The van der Waals surface area contributed by atoms with Gasteiger partial charge in [0.25, 0.3) is 0 Å². The number of fused-ring (bicyclic) bond motifs is 36. The molecule has 6 unspecified atom stereocenters. The summed E-state index contributed by atoms with van der Waals surface area (Å²) >= 11 is 0. The van der Waals surface area contributed by atoms with Crippen molar-refractivity contribution >= 4 is 11.9 Å². The molecule has 0 amide bonds. The second-order valence-corrected chi connectivity index (χ2v) is 18.7. The summed E-state index contributed by atoms with van der Waals surface area (Å²) in [6.07, 6.45) is 38.7. The highest BCUT2D eigenvalue weighted by molar-refractivity contribution is 5.69. The van der Waals surface area contributed by atoms with E-state index in [1.54, 1.807) is 0 Å². The molecular formula is C48H87NO6. The van der Waals surface area contributed by atoms with Crippen LogP contribution in [0.1, 0.15) is 212 Å². The minimum Gasteiger partial charge on any atom is -0.466 e. The minimum atomic E-state index is -0.0187. The minimum absolute atomic E-state index is 0.0163. The van der Waals surface area contributed by atoms with E-state index in [0.717, 1.165) is 120 Å². The van der Waals surface area contributed by atoms with Crippen LogP contribution in [0.15, 0.2) is 0 Å². The van der Waals surface area contributed by atoms with Gasteiger partial charge in [-0.05, 0) is 132 Å². The first-order valence-electron chi connectivity index (χ1n) is 24.3. The number of hydrogen-bond donors (Lipinski definition) is 2. The van der Waals surface area contributed by atoms with Gasteiger partial charge in [0.1, 0.15) is 0 Å². The van der Waals surface area contributed by atoms with E-state index in [1.807, 2.05) is 0 Å². The fourth-order valence-corrected chi connectivity index (χ4v) is 11.9. The van der Waals surface area contributed by atoms with Gasteiger partial charge in [-0.15, -0.1) is 0 Å². The largest absolute Gasteiger partial charge is 0.466 e. The molecule has 320 valence electrons. The van der Waals surface area contributed by atoms with E-state index in [2.05, 4.69) is 4.90 Å². The van der Waals surface area contributed by atoms with Crippen LogP contribution in [0.2, 0.25) is 0 Å². The van der Waals surface area contributed by atoms with E-state index < -0.39 is 0 Å². The van der Waals surface area contributed by atoms with Crippen molar-refractivity contribution in [1.29, 1.82) is 0 Å². The summed E-state index contributed by atoms with van der Waals surface area (Å²) in [7, 11) is 0. The average Bonchev–Trinajstić information content (AvgIpc) is 3.24. The molecule has 5 aliphatic rings. The summed E-state index contributed by atoms with van der Waals surface area (Å²) in [6.45, 7) is 4.52. The van der Waals surface area contributed by atoms with Crippen LogP contribution < -0.4 is 0 Å². The van der Waals surface area contributed by atoms with Crippen molar-refractivity contribution in [3.05, 3.63) is 0 Å². The van der Waals surface area contributed by atoms with Crippen LogP contribution in [-0.4, -0.2) is 73.1 Å². The van der Waals surface area contributed by atoms with Gasteiger partial charge in [0.2, 0.25) is 0 Å². The lowest BCUT2D eigenvalue weighted by Gasteiger charge is -2.63. The SMILES string of the molecule is O=C1CCCCCCCN(CCO)CCCCCCCC(=O)OCCCC2CCCCC3C4CCCCC(CCCCC4C3(CCO)CCCC2)CCCO1. The Kier molecular flexibility index (Phi) is 23.9. The predicted octanol–water partition coefficient (Wildman–Crippen LogP) is 11.4. The lowest BCUT2D eigenvalue weighted by molar-refractivity contribution is -0.154. The summed E-state index contributed by atoms with van der Waals surface area (Å²) in [5, 5.41) is 20.0. The number of ether oxygens (including phenoxy) is 2. The number of nitrogens with zero attached hydrogens (tertiary/aromatic N) is 1. The van der Waals surface area contributed by atoms with Crippen LogP contribution in [0, 0.1) is 35.0 Å². The quantitative estimate of drug-likeness (QED) is 0.275. The third-order valence-electron chi connectivity index (χ3n) is 14.9. The molecule has 2 N–H and O–H groups in total. The number of hydrogen-bond acceptors (Lipinski definition) is 7. The highest BCUT2D eigenvalue weighted by atomic mass is 16.5. The second-order valence-electron chi connectivity index (χ2n) is 18.7. The summed E-state index contributed by atoms with van der Waals surface area (Å²) in [5.74, 6) is 3.94. The van der Waals surface area contributed by atoms with Gasteiger partial charge >= 0.3 is 11.9 Å². The summed E-state index contributed by atoms with van der Waals surface area (Å²) in [6, 6.07) is 0. The number of aliphatic hydroxyl groups excluding tert-OH is 2. The molecule has 7 nitrogen and oxygen atoms in total. The summed E-state index contributed by atoms with van der Waals surface area (Å²) < 4.78 is 11.4. The Labute approximate surface area is 338 Å². The first-order valence-corrected chi connectivity index (χ1v) is 24.3. The maximum Gasteiger partial charge on any atom is 0.305 e. The third-order valence-corrected chi connectivity index (χ3v) is 14.9. The van der Waals surface area contributed by atoms with Gasteiger partial charge in [-0.1, -0.05) is 116 Å². The van der Waals surface area contributed by atoms with Crippen molar-refractivity contribution in [3.8, 4) is 0 Å². The molecule has 7 heteroatoms. The first-order chi connectivity index (χ1) is 27.1. The molecule has 6 bridgehead atoms. The highest BCUT2D eigenvalue weighted by Crippen LogP contribution is 2.65. The molecule has 6 atom stereocenters. The lowest BCUT2D eigenvalue weighted by atomic mass is 9.41. The Balaban J connectivity index is 1.29. The predicted molar refractivity (Wildman–Crippen MR) is 225 cm³/mol. The van der Waals surface area contributed by atoms with Gasteiger partial charge in [-0.2, -0.15) is 0 Å². The second kappa shape index (κ2) is 28.3. The van der Waals surface area contributed by atoms with Crippen molar-refractivity contribution < 1.29 is 29.3 Å². The highest BCUT2D eigenvalue weighted by Gasteiger charge is 2.58. The fraction of sp³-hybridized carbons (Fsp3) is 0.958. The van der Waals surface area contributed by atoms with E-state index in [4.69, 9.17) is 9.47 Å². The van der Waals surface area contributed by atoms with Gasteiger partial charge in [0.15, 0.2) is 0 Å².